The Bertz CT molecular complexity index is 384. The molecule has 0 atom stereocenters. The summed E-state index contributed by atoms with van der Waals surface area (Å²) in [4.78, 5) is 6.74. The first kappa shape index (κ1) is 10.6. The predicted molar refractivity (Wildman–Crippen MR) is 64.6 cm³/mol. The van der Waals surface area contributed by atoms with E-state index in [2.05, 4.69) is 9.88 Å². The van der Waals surface area contributed by atoms with Crippen molar-refractivity contribution in [2.45, 2.75) is 26.7 Å². The van der Waals surface area contributed by atoms with Gasteiger partial charge in [0.1, 0.15) is 10.8 Å². The fourth-order valence-electron chi connectivity index (χ4n) is 1.91. The topological polar surface area (TPSA) is 42.2 Å². The summed E-state index contributed by atoms with van der Waals surface area (Å²) >= 11 is 6.22. The smallest absolute Gasteiger partial charge is 0.149 e. The Morgan fingerprint density at radius 2 is 1.87 bits per heavy atom. The number of nitrogens with two attached hydrogens (primary N) is 1. The highest BCUT2D eigenvalue weighted by atomic mass is 35.5. The highest BCUT2D eigenvalue weighted by molar-refractivity contribution is 6.35. The molecule has 0 radical (unpaired) electrons. The molecule has 1 aliphatic rings. The van der Waals surface area contributed by atoms with Gasteiger partial charge in [-0.05, 0) is 32.3 Å². The van der Waals surface area contributed by atoms with Gasteiger partial charge in [-0.25, -0.2) is 4.98 Å². The lowest BCUT2D eigenvalue weighted by Gasteiger charge is -2.20. The number of hydrogen-bond donors (Lipinski definition) is 1. The van der Waals surface area contributed by atoms with Crippen LogP contribution in [0.4, 0.5) is 11.5 Å². The molecule has 2 heterocycles. The summed E-state index contributed by atoms with van der Waals surface area (Å²) in [5.74, 6) is 0.856. The van der Waals surface area contributed by atoms with Crippen LogP contribution in [-0.4, -0.2) is 18.1 Å². The van der Waals surface area contributed by atoms with Gasteiger partial charge in [0, 0.05) is 18.8 Å². The minimum absolute atomic E-state index is 0.611. The second-order valence-electron chi connectivity index (χ2n) is 4.07. The van der Waals surface area contributed by atoms with Gasteiger partial charge in [0.2, 0.25) is 0 Å². The molecule has 0 bridgehead atoms. The molecule has 0 spiro atoms. The standard InChI is InChI=1S/C11H16ClN3/c1-7-8(2)14-11(9(12)10(7)13)15-5-3-4-6-15/h3-6H2,1-2H3,(H2,13,14). The zero-order valence-corrected chi connectivity index (χ0v) is 9.93. The van der Waals surface area contributed by atoms with Crippen LogP contribution in [0.1, 0.15) is 24.1 Å². The van der Waals surface area contributed by atoms with Gasteiger partial charge in [-0.1, -0.05) is 11.6 Å². The maximum Gasteiger partial charge on any atom is 0.149 e. The second-order valence-corrected chi connectivity index (χ2v) is 4.45. The van der Waals surface area contributed by atoms with Gasteiger partial charge in [-0.15, -0.1) is 0 Å². The van der Waals surface area contributed by atoms with Crippen LogP contribution in [0.2, 0.25) is 5.02 Å². The molecule has 3 nitrogen and oxygen atoms in total. The molecule has 0 aliphatic carbocycles. The Morgan fingerprint density at radius 3 is 2.47 bits per heavy atom. The van der Waals surface area contributed by atoms with Crippen molar-refractivity contribution in [3.05, 3.63) is 16.3 Å². The average Bonchev–Trinajstić information content (AvgIpc) is 2.73. The Hall–Kier alpha value is -0.960. The predicted octanol–water partition coefficient (Wildman–Crippen LogP) is 2.53. The SMILES string of the molecule is Cc1nc(N2CCCC2)c(Cl)c(N)c1C. The molecule has 82 valence electrons. The van der Waals surface area contributed by atoms with E-state index in [1.165, 1.54) is 12.8 Å². The van der Waals surface area contributed by atoms with Gasteiger partial charge in [0.25, 0.3) is 0 Å². The Balaban J connectivity index is 2.47. The molecule has 2 rings (SSSR count). The van der Waals surface area contributed by atoms with E-state index in [9.17, 15) is 0 Å². The first-order valence-electron chi connectivity index (χ1n) is 5.28. The number of nitrogen functional groups attached to an aromatic ring is 1. The van der Waals surface area contributed by atoms with Crippen LogP contribution in [0.15, 0.2) is 0 Å². The highest BCUT2D eigenvalue weighted by Gasteiger charge is 2.19. The number of anilines is 2. The lowest BCUT2D eigenvalue weighted by Crippen LogP contribution is -2.20. The van der Waals surface area contributed by atoms with Crippen LogP contribution < -0.4 is 10.6 Å². The monoisotopic (exact) mass is 225 g/mol. The molecule has 0 aromatic carbocycles. The minimum Gasteiger partial charge on any atom is -0.397 e. The third-order valence-corrected chi connectivity index (χ3v) is 3.43. The van der Waals surface area contributed by atoms with Gasteiger partial charge >= 0.3 is 0 Å². The zero-order chi connectivity index (χ0) is 11.0. The van der Waals surface area contributed by atoms with Crippen LogP contribution in [0.25, 0.3) is 0 Å². The van der Waals surface area contributed by atoms with E-state index in [-0.39, 0.29) is 0 Å². The van der Waals surface area contributed by atoms with E-state index < -0.39 is 0 Å². The summed E-state index contributed by atoms with van der Waals surface area (Å²) < 4.78 is 0. The largest absolute Gasteiger partial charge is 0.397 e. The number of hydrogen-bond acceptors (Lipinski definition) is 3. The van der Waals surface area contributed by atoms with E-state index in [1.54, 1.807) is 0 Å². The molecule has 2 N–H and O–H groups in total. The number of aryl methyl sites for hydroxylation is 1. The van der Waals surface area contributed by atoms with Gasteiger partial charge in [0.05, 0.1) is 5.69 Å². The molecule has 1 aliphatic heterocycles. The van der Waals surface area contributed by atoms with Gasteiger partial charge in [-0.3, -0.25) is 0 Å². The molecular weight excluding hydrogens is 210 g/mol. The fraction of sp³-hybridized carbons (Fsp3) is 0.545. The summed E-state index contributed by atoms with van der Waals surface area (Å²) in [5.41, 5.74) is 8.58. The zero-order valence-electron chi connectivity index (χ0n) is 9.18. The molecule has 1 fully saturated rings. The quantitative estimate of drug-likeness (QED) is 0.799. The Morgan fingerprint density at radius 1 is 1.27 bits per heavy atom. The molecule has 0 saturated carbocycles. The van der Waals surface area contributed by atoms with Crippen LogP contribution in [-0.2, 0) is 0 Å². The maximum atomic E-state index is 6.22. The second kappa shape index (κ2) is 3.89. The van der Waals surface area contributed by atoms with E-state index in [4.69, 9.17) is 17.3 Å². The first-order chi connectivity index (χ1) is 7.11. The van der Waals surface area contributed by atoms with E-state index >= 15 is 0 Å². The first-order valence-corrected chi connectivity index (χ1v) is 5.66. The van der Waals surface area contributed by atoms with Crippen molar-refractivity contribution < 1.29 is 0 Å². The molecule has 15 heavy (non-hydrogen) atoms. The fourth-order valence-corrected chi connectivity index (χ4v) is 2.21. The van der Waals surface area contributed by atoms with Crippen LogP contribution in [0, 0.1) is 13.8 Å². The van der Waals surface area contributed by atoms with Crippen molar-refractivity contribution in [1.29, 1.82) is 0 Å². The van der Waals surface area contributed by atoms with Crippen molar-refractivity contribution in [2.24, 2.45) is 0 Å². The normalized spacial score (nSPS) is 16.1. The number of nitrogens with zero attached hydrogens (tertiary/aromatic N) is 2. The maximum absolute atomic E-state index is 6.22. The molecule has 0 unspecified atom stereocenters. The molecule has 0 amide bonds. The van der Waals surface area contributed by atoms with E-state index in [0.29, 0.717) is 10.7 Å². The molecule has 1 aromatic rings. The van der Waals surface area contributed by atoms with Crippen LogP contribution in [0.3, 0.4) is 0 Å². The summed E-state index contributed by atoms with van der Waals surface area (Å²) in [6.07, 6.45) is 2.43. The lowest BCUT2D eigenvalue weighted by atomic mass is 10.2. The Kier molecular flexibility index (Phi) is 2.74. The van der Waals surface area contributed by atoms with Gasteiger partial charge in [0.15, 0.2) is 0 Å². The van der Waals surface area contributed by atoms with Crippen molar-refractivity contribution in [2.75, 3.05) is 23.7 Å². The Labute approximate surface area is 95.2 Å². The van der Waals surface area contributed by atoms with Crippen LogP contribution in [0.5, 0.6) is 0 Å². The van der Waals surface area contributed by atoms with Crippen molar-refractivity contribution in [3.63, 3.8) is 0 Å². The molecule has 1 aromatic heterocycles. The van der Waals surface area contributed by atoms with E-state index in [1.807, 2.05) is 13.8 Å². The van der Waals surface area contributed by atoms with Crippen molar-refractivity contribution in [3.8, 4) is 0 Å². The van der Waals surface area contributed by atoms with Gasteiger partial charge in [-0.2, -0.15) is 0 Å². The number of halogens is 1. The van der Waals surface area contributed by atoms with Crippen molar-refractivity contribution >= 4 is 23.1 Å². The third kappa shape index (κ3) is 1.76. The average molecular weight is 226 g/mol. The van der Waals surface area contributed by atoms with E-state index in [0.717, 1.165) is 30.2 Å². The third-order valence-electron chi connectivity index (χ3n) is 3.06. The minimum atomic E-state index is 0.611. The lowest BCUT2D eigenvalue weighted by molar-refractivity contribution is 0.927. The summed E-state index contributed by atoms with van der Waals surface area (Å²) in [6, 6.07) is 0. The number of rotatable bonds is 1. The van der Waals surface area contributed by atoms with Gasteiger partial charge < -0.3 is 10.6 Å². The summed E-state index contributed by atoms with van der Waals surface area (Å²) in [6.45, 7) is 6.00. The van der Waals surface area contributed by atoms with Crippen LogP contribution >= 0.6 is 11.6 Å². The summed E-state index contributed by atoms with van der Waals surface area (Å²) in [5, 5.41) is 0.611. The number of aromatic nitrogens is 1. The molecule has 4 heteroatoms. The highest BCUT2D eigenvalue weighted by Crippen LogP contribution is 2.34. The number of pyridine rings is 1. The summed E-state index contributed by atoms with van der Waals surface area (Å²) in [7, 11) is 0. The molecular formula is C11H16ClN3. The van der Waals surface area contributed by atoms with Crippen molar-refractivity contribution in [1.82, 2.24) is 4.98 Å². The molecule has 1 saturated heterocycles.